The summed E-state index contributed by atoms with van der Waals surface area (Å²) in [7, 11) is 0. The first-order valence-electron chi connectivity index (χ1n) is 4.21. The predicted molar refractivity (Wildman–Crippen MR) is 51.7 cm³/mol. The van der Waals surface area contributed by atoms with Crippen molar-refractivity contribution in [3.8, 4) is 0 Å². The largest absolute Gasteiger partial charge is 0.329 e. The molecule has 1 aromatic rings. The number of hydrogen-bond donors (Lipinski definition) is 1. The fourth-order valence-electron chi connectivity index (χ4n) is 1.26. The van der Waals surface area contributed by atoms with Gasteiger partial charge in [0.25, 0.3) is 5.56 Å². The van der Waals surface area contributed by atoms with Crippen LogP contribution >= 0.6 is 11.6 Å². The van der Waals surface area contributed by atoms with Crippen LogP contribution in [0.15, 0.2) is 15.7 Å². The molecular formula is C8H9ClF2N2O2. The molecule has 15 heavy (non-hydrogen) atoms. The summed E-state index contributed by atoms with van der Waals surface area (Å²) in [5.74, 6) is 0. The van der Waals surface area contributed by atoms with Crippen LogP contribution in [-0.4, -0.2) is 16.0 Å². The van der Waals surface area contributed by atoms with E-state index < -0.39 is 30.1 Å². The lowest BCUT2D eigenvalue weighted by Crippen LogP contribution is -2.37. The summed E-state index contributed by atoms with van der Waals surface area (Å²) in [4.78, 5) is 24.7. The maximum atomic E-state index is 12.1. The second-order valence-corrected chi connectivity index (χ2v) is 3.51. The van der Waals surface area contributed by atoms with Gasteiger partial charge in [0.15, 0.2) is 0 Å². The average Bonchev–Trinajstić information content (AvgIpc) is 1.99. The summed E-state index contributed by atoms with van der Waals surface area (Å²) in [6.07, 6.45) is -3.12. The van der Waals surface area contributed by atoms with E-state index in [9.17, 15) is 18.4 Å². The molecule has 0 saturated heterocycles. The zero-order valence-electron chi connectivity index (χ0n) is 7.84. The number of hydrogen-bond acceptors (Lipinski definition) is 2. The topological polar surface area (TPSA) is 54.9 Å². The first-order valence-corrected chi connectivity index (χ1v) is 4.59. The molecule has 0 spiro atoms. The van der Waals surface area contributed by atoms with E-state index >= 15 is 0 Å². The second-order valence-electron chi connectivity index (χ2n) is 3.11. The molecule has 1 unspecified atom stereocenters. The Morgan fingerprint density at radius 3 is 2.60 bits per heavy atom. The SMILES string of the molecule is CC(CC(F)F)n1c(=O)cc(Cl)[nH]c1=O. The highest BCUT2D eigenvalue weighted by molar-refractivity contribution is 6.29. The Morgan fingerprint density at radius 1 is 1.53 bits per heavy atom. The van der Waals surface area contributed by atoms with E-state index in [1.807, 2.05) is 0 Å². The van der Waals surface area contributed by atoms with Crippen LogP contribution in [0, 0.1) is 0 Å². The molecule has 0 aliphatic rings. The van der Waals surface area contributed by atoms with Crippen molar-refractivity contribution >= 4 is 11.6 Å². The van der Waals surface area contributed by atoms with Crippen LogP contribution in [0.1, 0.15) is 19.4 Å². The summed E-state index contributed by atoms with van der Waals surface area (Å²) in [6, 6.07) is 0.115. The van der Waals surface area contributed by atoms with E-state index in [-0.39, 0.29) is 5.15 Å². The zero-order chi connectivity index (χ0) is 11.6. The lowest BCUT2D eigenvalue weighted by Gasteiger charge is -2.12. The van der Waals surface area contributed by atoms with E-state index in [2.05, 4.69) is 4.98 Å². The van der Waals surface area contributed by atoms with Gasteiger partial charge in [-0.3, -0.25) is 14.3 Å². The summed E-state index contributed by atoms with van der Waals surface area (Å²) in [5.41, 5.74) is -1.46. The number of alkyl halides is 2. The number of aromatic amines is 1. The van der Waals surface area contributed by atoms with Crippen molar-refractivity contribution in [3.05, 3.63) is 32.1 Å². The molecule has 0 bridgehead atoms. The highest BCUT2D eigenvalue weighted by Crippen LogP contribution is 2.12. The Labute approximate surface area is 88.5 Å². The van der Waals surface area contributed by atoms with E-state index in [0.717, 1.165) is 10.6 Å². The standard InChI is InChI=1S/C8H9ClF2N2O2/c1-4(2-6(10)11)13-7(14)3-5(9)12-8(13)15/h3-4,6H,2H2,1H3,(H,12,15). The monoisotopic (exact) mass is 238 g/mol. The Bertz CT molecular complexity index is 423. The fraction of sp³-hybridized carbons (Fsp3) is 0.500. The summed E-state index contributed by atoms with van der Waals surface area (Å²) in [5, 5.41) is -0.106. The highest BCUT2D eigenvalue weighted by Gasteiger charge is 2.15. The normalized spacial score (nSPS) is 13.1. The van der Waals surface area contributed by atoms with Crippen LogP contribution in [0.4, 0.5) is 8.78 Å². The van der Waals surface area contributed by atoms with Crippen molar-refractivity contribution in [2.24, 2.45) is 0 Å². The molecule has 84 valence electrons. The van der Waals surface area contributed by atoms with E-state index in [1.54, 1.807) is 0 Å². The first-order chi connectivity index (χ1) is 6.91. The number of nitrogens with one attached hydrogen (secondary N) is 1. The molecule has 0 saturated carbocycles. The molecule has 1 atom stereocenters. The Morgan fingerprint density at radius 2 is 2.13 bits per heavy atom. The molecule has 1 N–H and O–H groups in total. The van der Waals surface area contributed by atoms with Gasteiger partial charge in [-0.25, -0.2) is 13.6 Å². The maximum Gasteiger partial charge on any atom is 0.329 e. The van der Waals surface area contributed by atoms with Crippen molar-refractivity contribution in [3.63, 3.8) is 0 Å². The summed E-state index contributed by atoms with van der Waals surface area (Å²) >= 11 is 5.42. The van der Waals surface area contributed by atoms with E-state index in [1.165, 1.54) is 6.92 Å². The van der Waals surface area contributed by atoms with Gasteiger partial charge in [0.2, 0.25) is 6.43 Å². The van der Waals surface area contributed by atoms with Crippen LogP contribution in [0.25, 0.3) is 0 Å². The van der Waals surface area contributed by atoms with Crippen LogP contribution < -0.4 is 11.2 Å². The quantitative estimate of drug-likeness (QED) is 0.810. The predicted octanol–water partition coefficient (Wildman–Crippen LogP) is 1.41. The molecule has 0 aliphatic heterocycles. The van der Waals surface area contributed by atoms with Gasteiger partial charge in [-0.05, 0) is 6.92 Å². The summed E-state index contributed by atoms with van der Waals surface area (Å²) in [6.45, 7) is 1.37. The molecule has 4 nitrogen and oxygen atoms in total. The van der Waals surface area contributed by atoms with Gasteiger partial charge in [0.05, 0.1) is 0 Å². The molecule has 0 amide bonds. The second kappa shape index (κ2) is 4.57. The van der Waals surface area contributed by atoms with Gasteiger partial charge in [0, 0.05) is 18.5 Å². The van der Waals surface area contributed by atoms with Gasteiger partial charge in [0.1, 0.15) is 5.15 Å². The zero-order valence-corrected chi connectivity index (χ0v) is 8.59. The number of aromatic nitrogens is 2. The minimum Gasteiger partial charge on any atom is -0.298 e. The molecular weight excluding hydrogens is 230 g/mol. The van der Waals surface area contributed by atoms with Crippen molar-refractivity contribution in [2.75, 3.05) is 0 Å². The Balaban J connectivity index is 3.15. The molecule has 0 radical (unpaired) electrons. The molecule has 0 aromatic carbocycles. The molecule has 1 rings (SSSR count). The maximum absolute atomic E-state index is 12.1. The van der Waals surface area contributed by atoms with Crippen LogP contribution in [0.3, 0.4) is 0 Å². The van der Waals surface area contributed by atoms with Crippen molar-refractivity contribution in [2.45, 2.75) is 25.8 Å². The average molecular weight is 239 g/mol. The highest BCUT2D eigenvalue weighted by atomic mass is 35.5. The third-order valence-electron chi connectivity index (χ3n) is 1.89. The third-order valence-corrected chi connectivity index (χ3v) is 2.10. The van der Waals surface area contributed by atoms with Gasteiger partial charge >= 0.3 is 5.69 Å². The van der Waals surface area contributed by atoms with Crippen molar-refractivity contribution in [1.29, 1.82) is 0 Å². The van der Waals surface area contributed by atoms with Crippen LogP contribution in [-0.2, 0) is 0 Å². The first kappa shape index (κ1) is 11.9. The third kappa shape index (κ3) is 2.89. The van der Waals surface area contributed by atoms with Crippen LogP contribution in [0.2, 0.25) is 5.15 Å². The molecule has 1 aromatic heterocycles. The minimum atomic E-state index is -2.57. The van der Waals surface area contributed by atoms with Gasteiger partial charge in [-0.2, -0.15) is 0 Å². The van der Waals surface area contributed by atoms with Crippen molar-refractivity contribution in [1.82, 2.24) is 9.55 Å². The lowest BCUT2D eigenvalue weighted by atomic mass is 10.2. The molecule has 0 aliphatic carbocycles. The van der Waals surface area contributed by atoms with Gasteiger partial charge < -0.3 is 0 Å². The number of nitrogens with zero attached hydrogens (tertiary/aromatic N) is 1. The van der Waals surface area contributed by atoms with Gasteiger partial charge in [-0.15, -0.1) is 0 Å². The number of halogens is 3. The molecule has 7 heteroatoms. The number of H-pyrrole nitrogens is 1. The fourth-order valence-corrected chi connectivity index (χ4v) is 1.43. The Hall–Kier alpha value is -1.17. The van der Waals surface area contributed by atoms with E-state index in [0.29, 0.717) is 0 Å². The Kier molecular flexibility index (Phi) is 3.62. The summed E-state index contributed by atoms with van der Waals surface area (Å²) < 4.78 is 24.8. The molecule has 0 fully saturated rings. The van der Waals surface area contributed by atoms with E-state index in [4.69, 9.17) is 11.6 Å². The number of rotatable bonds is 3. The van der Waals surface area contributed by atoms with Crippen molar-refractivity contribution < 1.29 is 8.78 Å². The van der Waals surface area contributed by atoms with Crippen LogP contribution in [0.5, 0.6) is 0 Å². The lowest BCUT2D eigenvalue weighted by molar-refractivity contribution is 0.118. The minimum absolute atomic E-state index is 0.106. The molecule has 1 heterocycles. The van der Waals surface area contributed by atoms with Gasteiger partial charge in [-0.1, -0.05) is 11.6 Å². The smallest absolute Gasteiger partial charge is 0.298 e.